The molecule has 0 radical (unpaired) electrons. The Hall–Kier alpha value is -1.30. The van der Waals surface area contributed by atoms with Gasteiger partial charge < -0.3 is 21.1 Å². The van der Waals surface area contributed by atoms with Crippen LogP contribution in [0.15, 0.2) is 0 Å². The highest BCUT2D eigenvalue weighted by Gasteiger charge is 2.18. The standard InChI is InChI=1S/C11H21N3O3/c1-2-8(7-10(15)16)13-11(17)14-9-3-5-12-6-4-9/h8-9,12H,2-7H2,1H3,(H,15,16)(H2,13,14,17). The van der Waals surface area contributed by atoms with Crippen molar-refractivity contribution in [1.29, 1.82) is 0 Å². The number of nitrogens with one attached hydrogen (secondary N) is 3. The van der Waals surface area contributed by atoms with Crippen LogP contribution in [-0.2, 0) is 4.79 Å². The lowest BCUT2D eigenvalue weighted by Gasteiger charge is -2.25. The summed E-state index contributed by atoms with van der Waals surface area (Å²) in [5.74, 6) is -0.890. The number of aliphatic carboxylic acids is 1. The van der Waals surface area contributed by atoms with E-state index in [1.807, 2.05) is 6.92 Å². The van der Waals surface area contributed by atoms with Crippen molar-refractivity contribution in [2.75, 3.05) is 13.1 Å². The van der Waals surface area contributed by atoms with Crippen LogP contribution in [0.1, 0.15) is 32.6 Å². The molecule has 0 aliphatic carbocycles. The molecule has 0 aromatic rings. The van der Waals surface area contributed by atoms with E-state index in [4.69, 9.17) is 5.11 Å². The van der Waals surface area contributed by atoms with Gasteiger partial charge in [-0.05, 0) is 32.4 Å². The van der Waals surface area contributed by atoms with Gasteiger partial charge in [0.05, 0.1) is 6.42 Å². The number of carbonyl (C=O) groups is 2. The zero-order chi connectivity index (χ0) is 12.7. The van der Waals surface area contributed by atoms with Crippen molar-refractivity contribution < 1.29 is 14.7 Å². The molecule has 1 aliphatic heterocycles. The second kappa shape index (κ2) is 7.11. The minimum atomic E-state index is -0.890. The van der Waals surface area contributed by atoms with E-state index in [0.717, 1.165) is 25.9 Å². The largest absolute Gasteiger partial charge is 0.481 e. The number of hydrogen-bond acceptors (Lipinski definition) is 3. The predicted octanol–water partition coefficient (Wildman–Crippen LogP) is 0.291. The minimum absolute atomic E-state index is 0.0316. The Bertz CT molecular complexity index is 265. The van der Waals surface area contributed by atoms with Crippen molar-refractivity contribution in [2.45, 2.75) is 44.7 Å². The molecule has 0 bridgehead atoms. The first-order valence-electron chi connectivity index (χ1n) is 6.11. The van der Waals surface area contributed by atoms with Crippen LogP contribution in [0.3, 0.4) is 0 Å². The Morgan fingerprint density at radius 1 is 1.41 bits per heavy atom. The summed E-state index contributed by atoms with van der Waals surface area (Å²) in [5.41, 5.74) is 0. The molecule has 0 spiro atoms. The number of hydrogen-bond donors (Lipinski definition) is 4. The van der Waals surface area contributed by atoms with Crippen LogP contribution in [0, 0.1) is 0 Å². The monoisotopic (exact) mass is 243 g/mol. The van der Waals surface area contributed by atoms with Crippen molar-refractivity contribution in [3.63, 3.8) is 0 Å². The van der Waals surface area contributed by atoms with Crippen LogP contribution >= 0.6 is 0 Å². The number of carbonyl (C=O) groups excluding carboxylic acids is 1. The van der Waals surface area contributed by atoms with Gasteiger partial charge in [0.2, 0.25) is 0 Å². The van der Waals surface area contributed by atoms with Crippen LogP contribution in [-0.4, -0.2) is 42.3 Å². The summed E-state index contributed by atoms with van der Waals surface area (Å²) in [4.78, 5) is 22.2. The highest BCUT2D eigenvalue weighted by Crippen LogP contribution is 2.02. The van der Waals surface area contributed by atoms with Gasteiger partial charge in [-0.15, -0.1) is 0 Å². The number of urea groups is 1. The molecule has 1 heterocycles. The second-order valence-electron chi connectivity index (χ2n) is 4.35. The maximum Gasteiger partial charge on any atom is 0.315 e. The first-order chi connectivity index (χ1) is 8.11. The molecule has 6 heteroatoms. The second-order valence-corrected chi connectivity index (χ2v) is 4.35. The molecule has 1 fully saturated rings. The Balaban J connectivity index is 2.28. The summed E-state index contributed by atoms with van der Waals surface area (Å²) in [5, 5.41) is 17.5. The molecular formula is C11H21N3O3. The fourth-order valence-electron chi connectivity index (χ4n) is 1.89. The van der Waals surface area contributed by atoms with Crippen molar-refractivity contribution >= 4 is 12.0 Å². The van der Waals surface area contributed by atoms with Gasteiger partial charge in [-0.25, -0.2) is 4.79 Å². The summed E-state index contributed by atoms with van der Waals surface area (Å²) >= 11 is 0. The average Bonchev–Trinajstić information content (AvgIpc) is 2.28. The van der Waals surface area contributed by atoms with Gasteiger partial charge in [-0.2, -0.15) is 0 Å². The molecule has 0 aromatic carbocycles. The maximum atomic E-state index is 11.6. The van der Waals surface area contributed by atoms with Gasteiger partial charge in [-0.3, -0.25) is 4.79 Å². The van der Waals surface area contributed by atoms with Crippen LogP contribution in [0.2, 0.25) is 0 Å². The first-order valence-corrected chi connectivity index (χ1v) is 6.11. The Labute approximate surface area is 101 Å². The molecule has 6 nitrogen and oxygen atoms in total. The predicted molar refractivity (Wildman–Crippen MR) is 63.9 cm³/mol. The third kappa shape index (κ3) is 5.53. The fraction of sp³-hybridized carbons (Fsp3) is 0.818. The summed E-state index contributed by atoms with van der Waals surface area (Å²) < 4.78 is 0. The van der Waals surface area contributed by atoms with Crippen molar-refractivity contribution in [1.82, 2.24) is 16.0 Å². The molecule has 4 N–H and O–H groups in total. The topological polar surface area (TPSA) is 90.5 Å². The van der Waals surface area contributed by atoms with Gasteiger partial charge in [0, 0.05) is 12.1 Å². The molecule has 1 aliphatic rings. The third-order valence-corrected chi connectivity index (χ3v) is 2.92. The molecule has 2 amide bonds. The quantitative estimate of drug-likeness (QED) is 0.558. The lowest BCUT2D eigenvalue weighted by Crippen LogP contribution is -2.49. The van der Waals surface area contributed by atoms with Gasteiger partial charge in [0.25, 0.3) is 0 Å². The first kappa shape index (κ1) is 13.8. The van der Waals surface area contributed by atoms with E-state index in [1.54, 1.807) is 0 Å². The highest BCUT2D eigenvalue weighted by atomic mass is 16.4. The summed E-state index contributed by atoms with van der Waals surface area (Å²) in [7, 11) is 0. The molecule has 1 atom stereocenters. The number of piperidine rings is 1. The Kier molecular flexibility index (Phi) is 5.76. The SMILES string of the molecule is CCC(CC(=O)O)NC(=O)NC1CCNCC1. The van der Waals surface area contributed by atoms with Crippen molar-refractivity contribution in [2.24, 2.45) is 0 Å². The molecule has 98 valence electrons. The molecule has 1 unspecified atom stereocenters. The van der Waals surface area contributed by atoms with E-state index >= 15 is 0 Å². The Morgan fingerprint density at radius 3 is 2.59 bits per heavy atom. The van der Waals surface area contributed by atoms with E-state index in [1.165, 1.54) is 0 Å². The molecule has 1 saturated heterocycles. The third-order valence-electron chi connectivity index (χ3n) is 2.92. The van der Waals surface area contributed by atoms with Gasteiger partial charge in [0.1, 0.15) is 0 Å². The summed E-state index contributed by atoms with van der Waals surface area (Å²) in [6, 6.07) is -0.363. The van der Waals surface area contributed by atoms with E-state index in [2.05, 4.69) is 16.0 Å². The van der Waals surface area contributed by atoms with Gasteiger partial charge in [0.15, 0.2) is 0 Å². The molecular weight excluding hydrogens is 222 g/mol. The Morgan fingerprint density at radius 2 is 2.06 bits per heavy atom. The number of rotatable bonds is 5. The van der Waals surface area contributed by atoms with E-state index in [-0.39, 0.29) is 24.5 Å². The van der Waals surface area contributed by atoms with Crippen LogP contribution in [0.5, 0.6) is 0 Å². The lowest BCUT2D eigenvalue weighted by molar-refractivity contribution is -0.137. The summed E-state index contributed by atoms with van der Waals surface area (Å²) in [6.07, 6.45) is 2.42. The summed E-state index contributed by atoms with van der Waals surface area (Å²) in [6.45, 7) is 3.69. The normalized spacial score (nSPS) is 18.4. The van der Waals surface area contributed by atoms with Crippen molar-refractivity contribution in [3.8, 4) is 0 Å². The van der Waals surface area contributed by atoms with E-state index in [0.29, 0.717) is 6.42 Å². The minimum Gasteiger partial charge on any atom is -0.481 e. The average molecular weight is 243 g/mol. The number of amides is 2. The van der Waals surface area contributed by atoms with Gasteiger partial charge >= 0.3 is 12.0 Å². The van der Waals surface area contributed by atoms with Crippen LogP contribution in [0.25, 0.3) is 0 Å². The van der Waals surface area contributed by atoms with Gasteiger partial charge in [-0.1, -0.05) is 6.92 Å². The number of carboxylic acid groups (broad SMARTS) is 1. The zero-order valence-corrected chi connectivity index (χ0v) is 10.2. The van der Waals surface area contributed by atoms with E-state index < -0.39 is 5.97 Å². The maximum absolute atomic E-state index is 11.6. The molecule has 17 heavy (non-hydrogen) atoms. The number of carboxylic acids is 1. The molecule has 0 saturated carbocycles. The zero-order valence-electron chi connectivity index (χ0n) is 10.2. The molecule has 0 aromatic heterocycles. The van der Waals surface area contributed by atoms with Crippen LogP contribution < -0.4 is 16.0 Å². The fourth-order valence-corrected chi connectivity index (χ4v) is 1.89. The lowest BCUT2D eigenvalue weighted by atomic mass is 10.1. The molecule has 1 rings (SSSR count). The van der Waals surface area contributed by atoms with E-state index in [9.17, 15) is 9.59 Å². The van der Waals surface area contributed by atoms with Crippen LogP contribution in [0.4, 0.5) is 4.79 Å². The van der Waals surface area contributed by atoms with Crippen molar-refractivity contribution in [3.05, 3.63) is 0 Å². The highest BCUT2D eigenvalue weighted by molar-refractivity contribution is 5.76. The smallest absolute Gasteiger partial charge is 0.315 e.